The molecule has 3 aliphatic rings. The minimum absolute atomic E-state index is 0.0790. The minimum Gasteiger partial charge on any atom is -0.481 e. The second kappa shape index (κ2) is 6.20. The number of likely N-dealkylation sites (tertiary alicyclic amines) is 1. The van der Waals surface area contributed by atoms with E-state index in [2.05, 4.69) is 0 Å². The van der Waals surface area contributed by atoms with Crippen LogP contribution in [0.2, 0.25) is 0 Å². The van der Waals surface area contributed by atoms with Crippen LogP contribution in [0, 0.1) is 23.2 Å². The maximum absolute atomic E-state index is 13.5. The first kappa shape index (κ1) is 17.5. The Bertz CT molecular complexity index is 510. The summed E-state index contributed by atoms with van der Waals surface area (Å²) in [4.78, 5) is 24.9. The molecular weight excluding hydrogens is 327 g/mol. The standard InChI is InChI=1S/C16H22F3NO4/c17-16(18,19)12-1-4-20(9-15(12)2-5-24-6-3-15)13(21)10-7-11(8-10)14(22)23/h10-12H,1-9H2,(H,22,23). The van der Waals surface area contributed by atoms with Crippen LogP contribution in [0.25, 0.3) is 0 Å². The van der Waals surface area contributed by atoms with Crippen LogP contribution in [0.4, 0.5) is 13.2 Å². The highest BCUT2D eigenvalue weighted by Crippen LogP contribution is 2.51. The van der Waals surface area contributed by atoms with Gasteiger partial charge in [-0.3, -0.25) is 9.59 Å². The molecule has 1 spiro atoms. The van der Waals surface area contributed by atoms with Gasteiger partial charge >= 0.3 is 12.1 Å². The van der Waals surface area contributed by atoms with Crippen molar-refractivity contribution in [1.82, 2.24) is 4.90 Å². The molecule has 0 radical (unpaired) electrons. The predicted octanol–water partition coefficient (Wildman–Crippen LogP) is 2.30. The van der Waals surface area contributed by atoms with Crippen molar-refractivity contribution in [2.24, 2.45) is 23.2 Å². The van der Waals surface area contributed by atoms with Gasteiger partial charge in [0.15, 0.2) is 0 Å². The molecule has 3 rings (SSSR count). The van der Waals surface area contributed by atoms with Crippen LogP contribution >= 0.6 is 0 Å². The van der Waals surface area contributed by atoms with Crippen LogP contribution in [0.1, 0.15) is 32.1 Å². The number of rotatable bonds is 2. The molecule has 1 N–H and O–H groups in total. The molecule has 1 unspecified atom stereocenters. The van der Waals surface area contributed by atoms with E-state index in [1.54, 1.807) is 0 Å². The molecule has 1 aliphatic carbocycles. The number of alkyl halides is 3. The largest absolute Gasteiger partial charge is 0.481 e. The van der Waals surface area contributed by atoms with Crippen molar-refractivity contribution in [1.29, 1.82) is 0 Å². The van der Waals surface area contributed by atoms with E-state index in [4.69, 9.17) is 9.84 Å². The first-order valence-corrected chi connectivity index (χ1v) is 8.39. The summed E-state index contributed by atoms with van der Waals surface area (Å²) in [6.45, 7) is 0.783. The van der Waals surface area contributed by atoms with E-state index in [9.17, 15) is 22.8 Å². The number of hydrogen-bond donors (Lipinski definition) is 1. The van der Waals surface area contributed by atoms with Gasteiger partial charge in [0.2, 0.25) is 5.91 Å². The van der Waals surface area contributed by atoms with Gasteiger partial charge in [-0.15, -0.1) is 0 Å². The second-order valence-electron chi connectivity index (χ2n) is 7.32. The zero-order chi connectivity index (χ0) is 17.5. The smallest absolute Gasteiger partial charge is 0.392 e. The maximum Gasteiger partial charge on any atom is 0.392 e. The van der Waals surface area contributed by atoms with Crippen LogP contribution < -0.4 is 0 Å². The average Bonchev–Trinajstić information content (AvgIpc) is 2.44. The molecule has 1 amide bonds. The number of carboxylic acid groups (broad SMARTS) is 1. The fourth-order valence-corrected chi connectivity index (χ4v) is 4.42. The quantitative estimate of drug-likeness (QED) is 0.831. The number of carbonyl (C=O) groups is 2. The van der Waals surface area contributed by atoms with E-state index in [0.717, 1.165) is 0 Å². The first-order valence-electron chi connectivity index (χ1n) is 8.39. The molecule has 0 aromatic carbocycles. The van der Waals surface area contributed by atoms with Gasteiger partial charge in [-0.2, -0.15) is 13.2 Å². The highest BCUT2D eigenvalue weighted by molar-refractivity contribution is 5.83. The summed E-state index contributed by atoms with van der Waals surface area (Å²) < 4.78 is 45.6. The summed E-state index contributed by atoms with van der Waals surface area (Å²) >= 11 is 0. The van der Waals surface area contributed by atoms with Crippen molar-refractivity contribution < 1.29 is 32.6 Å². The number of amides is 1. The number of carboxylic acids is 1. The molecule has 136 valence electrons. The molecule has 0 bridgehead atoms. The van der Waals surface area contributed by atoms with Crippen molar-refractivity contribution >= 4 is 11.9 Å². The van der Waals surface area contributed by atoms with Gasteiger partial charge in [-0.05, 0) is 32.1 Å². The molecule has 0 aromatic heterocycles. The summed E-state index contributed by atoms with van der Waals surface area (Å²) in [5.74, 6) is -3.34. The predicted molar refractivity (Wildman–Crippen MR) is 77.1 cm³/mol. The van der Waals surface area contributed by atoms with E-state index in [-0.39, 0.29) is 31.3 Å². The van der Waals surface area contributed by atoms with Crippen molar-refractivity contribution in [3.63, 3.8) is 0 Å². The van der Waals surface area contributed by atoms with Crippen LogP contribution in [0.5, 0.6) is 0 Å². The fraction of sp³-hybridized carbons (Fsp3) is 0.875. The van der Waals surface area contributed by atoms with Gasteiger partial charge in [0, 0.05) is 37.6 Å². The number of halogens is 3. The molecule has 2 aliphatic heterocycles. The third-order valence-electron chi connectivity index (χ3n) is 5.96. The van der Waals surface area contributed by atoms with Gasteiger partial charge in [0.25, 0.3) is 0 Å². The second-order valence-corrected chi connectivity index (χ2v) is 7.32. The van der Waals surface area contributed by atoms with Crippen molar-refractivity contribution in [3.05, 3.63) is 0 Å². The van der Waals surface area contributed by atoms with Gasteiger partial charge in [0.1, 0.15) is 0 Å². The number of piperidine rings is 1. The monoisotopic (exact) mass is 349 g/mol. The molecule has 2 heterocycles. The summed E-state index contributed by atoms with van der Waals surface area (Å²) in [6.07, 6.45) is -3.14. The van der Waals surface area contributed by atoms with Crippen molar-refractivity contribution in [2.45, 2.75) is 38.3 Å². The molecule has 5 nitrogen and oxygen atoms in total. The number of nitrogens with zero attached hydrogens (tertiary/aromatic N) is 1. The van der Waals surface area contributed by atoms with E-state index in [1.807, 2.05) is 0 Å². The van der Waals surface area contributed by atoms with E-state index in [0.29, 0.717) is 38.9 Å². The highest BCUT2D eigenvalue weighted by Gasteiger charge is 2.57. The lowest BCUT2D eigenvalue weighted by atomic mass is 9.65. The summed E-state index contributed by atoms with van der Waals surface area (Å²) in [5, 5.41) is 8.90. The van der Waals surface area contributed by atoms with E-state index < -0.39 is 29.4 Å². The SMILES string of the molecule is O=C(O)C1CC(C(=O)N2CCC(C(F)(F)F)C3(CCOCC3)C2)C1. The van der Waals surface area contributed by atoms with Gasteiger partial charge in [0.05, 0.1) is 11.8 Å². The van der Waals surface area contributed by atoms with Crippen molar-refractivity contribution in [3.8, 4) is 0 Å². The highest BCUT2D eigenvalue weighted by atomic mass is 19.4. The number of aliphatic carboxylic acids is 1. The molecule has 0 aromatic rings. The van der Waals surface area contributed by atoms with Gasteiger partial charge in [-0.1, -0.05) is 0 Å². The third-order valence-corrected chi connectivity index (χ3v) is 5.96. The lowest BCUT2D eigenvalue weighted by molar-refractivity contribution is -0.236. The minimum atomic E-state index is -4.27. The molecule has 24 heavy (non-hydrogen) atoms. The number of carbonyl (C=O) groups excluding carboxylic acids is 1. The lowest BCUT2D eigenvalue weighted by Gasteiger charge is -2.51. The molecular formula is C16H22F3NO4. The Morgan fingerprint density at radius 1 is 1.12 bits per heavy atom. The Morgan fingerprint density at radius 2 is 1.75 bits per heavy atom. The van der Waals surface area contributed by atoms with Crippen LogP contribution in [-0.4, -0.2) is 54.4 Å². The normalized spacial score (nSPS) is 33.1. The number of ether oxygens (including phenoxy) is 1. The van der Waals surface area contributed by atoms with Crippen LogP contribution in [-0.2, 0) is 14.3 Å². The molecule has 8 heteroatoms. The molecule has 1 saturated carbocycles. The Balaban J connectivity index is 1.70. The molecule has 3 fully saturated rings. The van der Waals surface area contributed by atoms with Crippen LogP contribution in [0.3, 0.4) is 0 Å². The topological polar surface area (TPSA) is 66.8 Å². The van der Waals surface area contributed by atoms with E-state index >= 15 is 0 Å². The maximum atomic E-state index is 13.5. The van der Waals surface area contributed by atoms with Crippen LogP contribution in [0.15, 0.2) is 0 Å². The summed E-state index contributed by atoms with van der Waals surface area (Å²) in [7, 11) is 0. The molecule has 2 saturated heterocycles. The number of hydrogen-bond acceptors (Lipinski definition) is 3. The van der Waals surface area contributed by atoms with Gasteiger partial charge < -0.3 is 14.7 Å². The Hall–Kier alpha value is -1.31. The zero-order valence-electron chi connectivity index (χ0n) is 13.3. The summed E-state index contributed by atoms with van der Waals surface area (Å²) in [5.41, 5.74) is -0.958. The average molecular weight is 349 g/mol. The van der Waals surface area contributed by atoms with E-state index in [1.165, 1.54) is 4.90 Å². The Labute approximate surface area is 138 Å². The zero-order valence-corrected chi connectivity index (χ0v) is 13.3. The first-order chi connectivity index (χ1) is 11.2. The Morgan fingerprint density at radius 3 is 2.29 bits per heavy atom. The van der Waals surface area contributed by atoms with Gasteiger partial charge in [-0.25, -0.2) is 0 Å². The lowest BCUT2D eigenvalue weighted by Crippen LogP contribution is -2.58. The molecule has 1 atom stereocenters. The fourth-order valence-electron chi connectivity index (χ4n) is 4.42. The summed E-state index contributed by atoms with van der Waals surface area (Å²) in [6, 6.07) is 0. The van der Waals surface area contributed by atoms with Crippen molar-refractivity contribution in [2.75, 3.05) is 26.3 Å². The third kappa shape index (κ3) is 3.12. The Kier molecular flexibility index (Phi) is 4.53.